The number of ether oxygens (including phenoxy) is 2. The Morgan fingerprint density at radius 2 is 1.69 bits per heavy atom. The van der Waals surface area contributed by atoms with Gasteiger partial charge in [-0.05, 0) is 46.8 Å². The van der Waals surface area contributed by atoms with Gasteiger partial charge in [0.05, 0.1) is 24.8 Å². The van der Waals surface area contributed by atoms with E-state index in [1.54, 1.807) is 37.5 Å². The highest BCUT2D eigenvalue weighted by atomic mass is 32.2. The maximum atomic E-state index is 12.9. The molecule has 3 aromatic carbocycles. The van der Waals surface area contributed by atoms with Gasteiger partial charge in [-0.2, -0.15) is 0 Å². The maximum Gasteiger partial charge on any atom is 0.294 e. The molecular formula is C24H20N2O5S. The second-order valence-electron chi connectivity index (χ2n) is 6.92. The minimum atomic E-state index is -0.523. The Bertz CT molecular complexity index is 1250. The van der Waals surface area contributed by atoms with Crippen LogP contribution in [0.3, 0.4) is 0 Å². The van der Waals surface area contributed by atoms with E-state index in [1.807, 2.05) is 36.4 Å². The summed E-state index contributed by atoms with van der Waals surface area (Å²) in [5.41, 5.74) is 1.16. The average molecular weight is 449 g/mol. The molecular weight excluding hydrogens is 428 g/mol. The monoisotopic (exact) mass is 448 g/mol. The van der Waals surface area contributed by atoms with Gasteiger partial charge in [-0.25, -0.2) is 0 Å². The molecule has 1 aliphatic heterocycles. The van der Waals surface area contributed by atoms with Crippen molar-refractivity contribution in [3.05, 3.63) is 71.1 Å². The van der Waals surface area contributed by atoms with Gasteiger partial charge in [0.25, 0.3) is 11.1 Å². The first kappa shape index (κ1) is 21.5. The summed E-state index contributed by atoms with van der Waals surface area (Å²) >= 11 is 0.799. The van der Waals surface area contributed by atoms with Crippen molar-refractivity contribution < 1.29 is 23.9 Å². The zero-order valence-electron chi connectivity index (χ0n) is 17.5. The van der Waals surface area contributed by atoms with E-state index in [4.69, 9.17) is 9.47 Å². The summed E-state index contributed by atoms with van der Waals surface area (Å²) in [4.78, 5) is 39.1. The first-order chi connectivity index (χ1) is 15.5. The van der Waals surface area contributed by atoms with E-state index < -0.39 is 23.6 Å². The number of benzene rings is 3. The molecule has 3 amide bonds. The number of carbonyl (C=O) groups is 3. The summed E-state index contributed by atoms with van der Waals surface area (Å²) in [5.74, 6) is 0.0494. The summed E-state index contributed by atoms with van der Waals surface area (Å²) < 4.78 is 10.7. The maximum absolute atomic E-state index is 12.9. The lowest BCUT2D eigenvalue weighted by Crippen LogP contribution is -2.36. The number of hydrogen-bond acceptors (Lipinski definition) is 6. The Balaban J connectivity index is 1.58. The second-order valence-corrected chi connectivity index (χ2v) is 7.91. The third-order valence-electron chi connectivity index (χ3n) is 4.98. The standard InChI is InChI=1S/C24H20N2O5S/c1-30-19-12-11-15-7-3-4-8-16(15)17(19)13-21-23(28)26(24(29)32-21)14-22(27)25-18-9-5-6-10-20(18)31-2/h3-13H,14H2,1-2H3,(H,25,27)/b21-13+. The molecule has 3 aromatic rings. The minimum absolute atomic E-state index is 0.231. The minimum Gasteiger partial charge on any atom is -0.496 e. The number of methoxy groups -OCH3 is 2. The number of thioether (sulfide) groups is 1. The van der Waals surface area contributed by atoms with E-state index in [-0.39, 0.29) is 4.91 Å². The van der Waals surface area contributed by atoms with Gasteiger partial charge in [-0.3, -0.25) is 19.3 Å². The first-order valence-corrected chi connectivity index (χ1v) is 10.6. The van der Waals surface area contributed by atoms with Crippen molar-refractivity contribution in [3.8, 4) is 11.5 Å². The number of hydrogen-bond donors (Lipinski definition) is 1. The van der Waals surface area contributed by atoms with Crippen molar-refractivity contribution in [1.29, 1.82) is 0 Å². The molecule has 0 unspecified atom stereocenters. The van der Waals surface area contributed by atoms with Gasteiger partial charge in [0.15, 0.2) is 0 Å². The Labute approximate surface area is 189 Å². The number of nitrogens with one attached hydrogen (secondary N) is 1. The average Bonchev–Trinajstić information content (AvgIpc) is 3.07. The van der Waals surface area contributed by atoms with Crippen LogP contribution >= 0.6 is 11.8 Å². The van der Waals surface area contributed by atoms with Gasteiger partial charge in [0.1, 0.15) is 18.0 Å². The molecule has 162 valence electrons. The lowest BCUT2D eigenvalue weighted by molar-refractivity contribution is -0.127. The van der Waals surface area contributed by atoms with Crippen molar-refractivity contribution in [1.82, 2.24) is 4.90 Å². The second kappa shape index (κ2) is 9.15. The van der Waals surface area contributed by atoms with E-state index in [9.17, 15) is 14.4 Å². The van der Waals surface area contributed by atoms with E-state index in [0.29, 0.717) is 22.7 Å². The predicted octanol–water partition coefficient (Wildman–Crippen LogP) is 4.53. The number of para-hydroxylation sites is 2. The highest BCUT2D eigenvalue weighted by Gasteiger charge is 2.36. The van der Waals surface area contributed by atoms with E-state index in [1.165, 1.54) is 7.11 Å². The van der Waals surface area contributed by atoms with Gasteiger partial charge < -0.3 is 14.8 Å². The number of anilines is 1. The molecule has 1 saturated heterocycles. The van der Waals surface area contributed by atoms with E-state index >= 15 is 0 Å². The normalized spacial score (nSPS) is 14.8. The molecule has 1 aliphatic rings. The largest absolute Gasteiger partial charge is 0.496 e. The van der Waals surface area contributed by atoms with Crippen LogP contribution in [0.2, 0.25) is 0 Å². The van der Waals surface area contributed by atoms with Crippen molar-refractivity contribution in [2.24, 2.45) is 0 Å². The van der Waals surface area contributed by atoms with Gasteiger partial charge in [-0.15, -0.1) is 0 Å². The van der Waals surface area contributed by atoms with Crippen molar-refractivity contribution >= 4 is 51.4 Å². The molecule has 1 heterocycles. The molecule has 1 N–H and O–H groups in total. The van der Waals surface area contributed by atoms with Crippen LogP contribution in [0.1, 0.15) is 5.56 Å². The summed E-state index contributed by atoms with van der Waals surface area (Å²) in [6, 6.07) is 18.4. The smallest absolute Gasteiger partial charge is 0.294 e. The first-order valence-electron chi connectivity index (χ1n) is 9.76. The summed E-state index contributed by atoms with van der Waals surface area (Å²) in [7, 11) is 3.04. The summed E-state index contributed by atoms with van der Waals surface area (Å²) in [6.45, 7) is -0.396. The lowest BCUT2D eigenvalue weighted by atomic mass is 10.0. The molecule has 0 bridgehead atoms. The fourth-order valence-corrected chi connectivity index (χ4v) is 4.27. The fraction of sp³-hybridized carbons (Fsp3) is 0.125. The molecule has 0 saturated carbocycles. The third-order valence-corrected chi connectivity index (χ3v) is 5.89. The zero-order valence-corrected chi connectivity index (χ0v) is 18.3. The molecule has 0 atom stereocenters. The molecule has 7 nitrogen and oxygen atoms in total. The van der Waals surface area contributed by atoms with E-state index in [2.05, 4.69) is 5.32 Å². The number of rotatable bonds is 6. The van der Waals surface area contributed by atoms with Crippen LogP contribution in [-0.2, 0) is 9.59 Å². The number of fused-ring (bicyclic) bond motifs is 1. The van der Waals surface area contributed by atoms with Gasteiger partial charge in [0, 0.05) is 5.56 Å². The zero-order chi connectivity index (χ0) is 22.7. The Morgan fingerprint density at radius 3 is 2.47 bits per heavy atom. The molecule has 32 heavy (non-hydrogen) atoms. The van der Waals surface area contributed by atoms with Crippen molar-refractivity contribution in [3.63, 3.8) is 0 Å². The number of nitrogens with zero attached hydrogens (tertiary/aromatic N) is 1. The van der Waals surface area contributed by atoms with Crippen molar-refractivity contribution in [2.45, 2.75) is 0 Å². The molecule has 0 aromatic heterocycles. The van der Waals surface area contributed by atoms with Gasteiger partial charge >= 0.3 is 0 Å². The molecule has 1 fully saturated rings. The Morgan fingerprint density at radius 1 is 0.969 bits per heavy atom. The molecule has 0 spiro atoms. The molecule has 8 heteroatoms. The van der Waals surface area contributed by atoms with Crippen LogP contribution in [0.15, 0.2) is 65.6 Å². The SMILES string of the molecule is COc1ccccc1NC(=O)CN1C(=O)S/C(=C/c2c(OC)ccc3ccccc23)C1=O. The van der Waals surface area contributed by atoms with Gasteiger partial charge in [-0.1, -0.05) is 42.5 Å². The van der Waals surface area contributed by atoms with Gasteiger partial charge in [0.2, 0.25) is 5.91 Å². The van der Waals surface area contributed by atoms with Crippen LogP contribution in [0.25, 0.3) is 16.8 Å². The van der Waals surface area contributed by atoms with Crippen molar-refractivity contribution in [2.75, 3.05) is 26.1 Å². The lowest BCUT2D eigenvalue weighted by Gasteiger charge is -2.14. The predicted molar refractivity (Wildman–Crippen MR) is 125 cm³/mol. The highest BCUT2D eigenvalue weighted by Crippen LogP contribution is 2.36. The Hall–Kier alpha value is -3.78. The topological polar surface area (TPSA) is 84.9 Å². The van der Waals surface area contributed by atoms with Crippen LogP contribution in [0, 0.1) is 0 Å². The quantitative estimate of drug-likeness (QED) is 0.558. The number of imide groups is 1. The van der Waals surface area contributed by atoms with Crippen LogP contribution < -0.4 is 14.8 Å². The Kier molecular flexibility index (Phi) is 6.13. The van der Waals surface area contributed by atoms with E-state index in [0.717, 1.165) is 27.4 Å². The van der Waals surface area contributed by atoms with Crippen LogP contribution in [-0.4, -0.2) is 42.7 Å². The summed E-state index contributed by atoms with van der Waals surface area (Å²) in [5, 5.41) is 4.05. The molecule has 0 radical (unpaired) electrons. The fourth-order valence-electron chi connectivity index (χ4n) is 3.45. The molecule has 4 rings (SSSR count). The third kappa shape index (κ3) is 4.17. The molecule has 0 aliphatic carbocycles. The number of amides is 3. The summed E-state index contributed by atoms with van der Waals surface area (Å²) in [6.07, 6.45) is 1.64. The van der Waals surface area contributed by atoms with Crippen LogP contribution in [0.4, 0.5) is 10.5 Å². The highest BCUT2D eigenvalue weighted by molar-refractivity contribution is 8.18. The number of carbonyl (C=O) groups excluding carboxylic acids is 3. The van der Waals surface area contributed by atoms with Crippen LogP contribution in [0.5, 0.6) is 11.5 Å².